The number of hydrogen-bond acceptors (Lipinski definition) is 4. The van der Waals surface area contributed by atoms with E-state index in [1.54, 1.807) is 6.20 Å². The van der Waals surface area contributed by atoms with Crippen LogP contribution in [0.2, 0.25) is 0 Å². The predicted octanol–water partition coefficient (Wildman–Crippen LogP) is 2.55. The van der Waals surface area contributed by atoms with Gasteiger partial charge in [0.15, 0.2) is 5.82 Å². The second-order valence-corrected chi connectivity index (χ2v) is 6.31. The zero-order chi connectivity index (χ0) is 12.9. The highest BCUT2D eigenvalue weighted by Gasteiger charge is 2.17. The molecule has 18 heavy (non-hydrogen) atoms. The molecule has 0 aromatic carbocycles. The van der Waals surface area contributed by atoms with E-state index in [1.165, 1.54) is 5.56 Å². The van der Waals surface area contributed by atoms with Crippen LogP contribution >= 0.6 is 11.3 Å². The minimum Gasteiger partial charge on any atom is -0.285 e. The van der Waals surface area contributed by atoms with Crippen molar-refractivity contribution in [1.29, 1.82) is 0 Å². The summed E-state index contributed by atoms with van der Waals surface area (Å²) in [6.45, 7) is 6.49. The Morgan fingerprint density at radius 1 is 1.33 bits per heavy atom. The van der Waals surface area contributed by atoms with Crippen molar-refractivity contribution < 1.29 is 0 Å². The lowest BCUT2D eigenvalue weighted by Gasteiger charge is -2.19. The third kappa shape index (κ3) is 1.71. The van der Waals surface area contributed by atoms with Gasteiger partial charge in [0, 0.05) is 6.20 Å². The van der Waals surface area contributed by atoms with Gasteiger partial charge in [-0.1, -0.05) is 32.1 Å². The summed E-state index contributed by atoms with van der Waals surface area (Å²) in [7, 11) is 0. The lowest BCUT2D eigenvalue weighted by Crippen LogP contribution is -2.12. The van der Waals surface area contributed by atoms with E-state index in [1.807, 2.05) is 16.7 Å². The molecule has 3 heterocycles. The minimum atomic E-state index is -0.174. The van der Waals surface area contributed by atoms with Crippen molar-refractivity contribution in [2.45, 2.75) is 26.2 Å². The lowest BCUT2D eigenvalue weighted by atomic mass is 9.88. The van der Waals surface area contributed by atoms with Gasteiger partial charge in [-0.15, -0.1) is 0 Å². The van der Waals surface area contributed by atoms with E-state index in [9.17, 15) is 4.79 Å². The standard InChI is InChI=1S/C13H13N3OS/c1-13(2,3)8-4-5-16-10(6-8)14-7-9-11(16)15-12(17)18-9/h4-7H,1-3H3. The maximum Gasteiger partial charge on any atom is 0.329 e. The van der Waals surface area contributed by atoms with Crippen LogP contribution in [0.15, 0.2) is 29.3 Å². The first-order valence-electron chi connectivity index (χ1n) is 5.73. The quantitative estimate of drug-likeness (QED) is 0.623. The zero-order valence-corrected chi connectivity index (χ0v) is 11.3. The van der Waals surface area contributed by atoms with Crippen LogP contribution in [0.1, 0.15) is 26.3 Å². The fourth-order valence-corrected chi connectivity index (χ4v) is 2.58. The highest BCUT2D eigenvalue weighted by molar-refractivity contribution is 7.12. The molecule has 2 aliphatic rings. The maximum absolute atomic E-state index is 11.3. The first kappa shape index (κ1) is 11.3. The number of aromatic nitrogens is 3. The van der Waals surface area contributed by atoms with Gasteiger partial charge in [-0.2, -0.15) is 4.98 Å². The van der Waals surface area contributed by atoms with Gasteiger partial charge in [0.25, 0.3) is 0 Å². The molecule has 1 aromatic rings. The van der Waals surface area contributed by atoms with Gasteiger partial charge < -0.3 is 0 Å². The van der Waals surface area contributed by atoms with E-state index in [4.69, 9.17) is 0 Å². The molecule has 92 valence electrons. The Morgan fingerprint density at radius 3 is 2.83 bits per heavy atom. The second-order valence-electron chi connectivity index (χ2n) is 5.32. The third-order valence-electron chi connectivity index (χ3n) is 2.96. The molecule has 5 heteroatoms. The number of pyridine rings is 1. The smallest absolute Gasteiger partial charge is 0.285 e. The van der Waals surface area contributed by atoms with Crippen molar-refractivity contribution in [3.8, 4) is 10.7 Å². The monoisotopic (exact) mass is 259 g/mol. The van der Waals surface area contributed by atoms with Crippen LogP contribution in [0.25, 0.3) is 16.3 Å². The van der Waals surface area contributed by atoms with Crippen LogP contribution < -0.4 is 4.87 Å². The summed E-state index contributed by atoms with van der Waals surface area (Å²) in [6.07, 6.45) is 3.65. The van der Waals surface area contributed by atoms with E-state index in [0.29, 0.717) is 5.82 Å². The van der Waals surface area contributed by atoms with Crippen molar-refractivity contribution in [1.82, 2.24) is 14.4 Å². The molecule has 0 fully saturated rings. The van der Waals surface area contributed by atoms with Crippen LogP contribution in [0, 0.1) is 0 Å². The highest BCUT2D eigenvalue weighted by Crippen LogP contribution is 2.26. The predicted molar refractivity (Wildman–Crippen MR) is 72.5 cm³/mol. The fraction of sp³-hybridized carbons (Fsp3) is 0.308. The van der Waals surface area contributed by atoms with E-state index >= 15 is 0 Å². The summed E-state index contributed by atoms with van der Waals surface area (Å²) in [6, 6.07) is 4.10. The minimum absolute atomic E-state index is 0.0805. The molecular weight excluding hydrogens is 246 g/mol. The summed E-state index contributed by atoms with van der Waals surface area (Å²) in [5.74, 6) is 0.690. The summed E-state index contributed by atoms with van der Waals surface area (Å²) in [4.78, 5) is 20.4. The topological polar surface area (TPSA) is 47.3 Å². The Bertz CT molecular complexity index is 751. The van der Waals surface area contributed by atoms with Crippen molar-refractivity contribution in [2.75, 3.05) is 0 Å². The number of fused-ring (bicyclic) bond motifs is 3. The Labute approximate surface area is 108 Å². The van der Waals surface area contributed by atoms with E-state index in [-0.39, 0.29) is 10.3 Å². The Balaban J connectivity index is 2.34. The zero-order valence-electron chi connectivity index (χ0n) is 10.5. The average molecular weight is 259 g/mol. The van der Waals surface area contributed by atoms with Gasteiger partial charge in [-0.3, -0.25) is 9.20 Å². The van der Waals surface area contributed by atoms with Crippen LogP contribution in [0.5, 0.6) is 0 Å². The molecular formula is C13H13N3OS. The number of thiazole rings is 1. The van der Waals surface area contributed by atoms with Crippen molar-refractivity contribution >= 4 is 17.0 Å². The Morgan fingerprint density at radius 2 is 2.11 bits per heavy atom. The van der Waals surface area contributed by atoms with Crippen molar-refractivity contribution in [2.24, 2.45) is 0 Å². The Hall–Kier alpha value is -1.75. The summed E-state index contributed by atoms with van der Waals surface area (Å²) < 4.78 is 1.86. The van der Waals surface area contributed by atoms with Gasteiger partial charge in [0.1, 0.15) is 5.65 Å². The van der Waals surface area contributed by atoms with Crippen LogP contribution in [-0.2, 0) is 5.41 Å². The molecule has 2 aliphatic heterocycles. The molecule has 0 aliphatic carbocycles. The SMILES string of the molecule is CC(C)(C)c1ccn2c3nc(=O)sc-3cnc2c1. The summed E-state index contributed by atoms with van der Waals surface area (Å²) in [5.41, 5.74) is 2.11. The molecule has 0 N–H and O–H groups in total. The van der Waals surface area contributed by atoms with E-state index in [2.05, 4.69) is 36.8 Å². The molecule has 0 saturated heterocycles. The first-order chi connectivity index (χ1) is 8.45. The number of rotatable bonds is 0. The normalized spacial score (nSPS) is 12.4. The largest absolute Gasteiger partial charge is 0.329 e. The van der Waals surface area contributed by atoms with Gasteiger partial charge >= 0.3 is 4.87 Å². The molecule has 4 nitrogen and oxygen atoms in total. The molecule has 0 spiro atoms. The van der Waals surface area contributed by atoms with Gasteiger partial charge in [0.05, 0.1) is 11.1 Å². The molecule has 3 rings (SSSR count). The molecule has 0 bridgehead atoms. The van der Waals surface area contributed by atoms with Gasteiger partial charge in [-0.25, -0.2) is 4.98 Å². The van der Waals surface area contributed by atoms with Crippen LogP contribution in [-0.4, -0.2) is 14.4 Å². The maximum atomic E-state index is 11.3. The fourth-order valence-electron chi connectivity index (χ4n) is 1.92. The molecule has 0 saturated carbocycles. The van der Waals surface area contributed by atoms with E-state index < -0.39 is 0 Å². The average Bonchev–Trinajstić information content (AvgIpc) is 2.68. The Kier molecular flexibility index (Phi) is 2.28. The molecule has 0 radical (unpaired) electrons. The van der Waals surface area contributed by atoms with Gasteiger partial charge in [-0.05, 0) is 23.1 Å². The molecule has 0 atom stereocenters. The van der Waals surface area contributed by atoms with Crippen LogP contribution in [0.3, 0.4) is 0 Å². The molecule has 0 amide bonds. The molecule has 0 unspecified atom stereocenters. The van der Waals surface area contributed by atoms with Crippen LogP contribution in [0.4, 0.5) is 0 Å². The van der Waals surface area contributed by atoms with Crippen molar-refractivity contribution in [3.63, 3.8) is 0 Å². The van der Waals surface area contributed by atoms with E-state index in [0.717, 1.165) is 21.9 Å². The van der Waals surface area contributed by atoms with Crippen molar-refractivity contribution in [3.05, 3.63) is 39.8 Å². The third-order valence-corrected chi connectivity index (χ3v) is 3.73. The second kappa shape index (κ2) is 3.62. The summed E-state index contributed by atoms with van der Waals surface area (Å²) in [5, 5.41) is 0. The summed E-state index contributed by atoms with van der Waals surface area (Å²) >= 11 is 1.13. The van der Waals surface area contributed by atoms with Gasteiger partial charge in [0.2, 0.25) is 0 Å². The lowest BCUT2D eigenvalue weighted by molar-refractivity contribution is 0.589. The number of hydrogen-bond donors (Lipinski definition) is 0. The number of nitrogens with zero attached hydrogens (tertiary/aromatic N) is 3. The first-order valence-corrected chi connectivity index (χ1v) is 6.55. The molecule has 1 aromatic heterocycles. The highest BCUT2D eigenvalue weighted by atomic mass is 32.1.